The maximum absolute atomic E-state index is 13.4. The summed E-state index contributed by atoms with van der Waals surface area (Å²) in [5, 5.41) is 3.52. The van der Waals surface area contributed by atoms with Crippen molar-refractivity contribution in [1.82, 2.24) is 5.32 Å². The van der Waals surface area contributed by atoms with Gasteiger partial charge in [-0.25, -0.2) is 4.39 Å². The SMILES string of the molecule is CNC(c1ccc(F)cc1C)C1CCC2CCCCC2C1. The number of rotatable bonds is 3. The number of fused-ring (bicyclic) bond motifs is 1. The minimum absolute atomic E-state index is 0.123. The lowest BCUT2D eigenvalue weighted by molar-refractivity contribution is 0.111. The lowest BCUT2D eigenvalue weighted by Crippen LogP contribution is -2.34. The van der Waals surface area contributed by atoms with Gasteiger partial charge in [0.25, 0.3) is 0 Å². The summed E-state index contributed by atoms with van der Waals surface area (Å²) >= 11 is 0. The van der Waals surface area contributed by atoms with Crippen LogP contribution in [0.3, 0.4) is 0 Å². The van der Waals surface area contributed by atoms with E-state index in [2.05, 4.69) is 12.4 Å². The predicted octanol–water partition coefficient (Wildman–Crippen LogP) is 5.00. The van der Waals surface area contributed by atoms with Gasteiger partial charge in [-0.05, 0) is 74.2 Å². The molecule has 0 radical (unpaired) electrons. The number of hydrogen-bond donors (Lipinski definition) is 1. The summed E-state index contributed by atoms with van der Waals surface area (Å²) in [6.07, 6.45) is 9.83. The first-order chi connectivity index (χ1) is 10.2. The van der Waals surface area contributed by atoms with Crippen LogP contribution >= 0.6 is 0 Å². The molecule has 1 aromatic rings. The van der Waals surface area contributed by atoms with Crippen molar-refractivity contribution in [3.05, 3.63) is 35.1 Å². The van der Waals surface area contributed by atoms with E-state index in [1.165, 1.54) is 50.5 Å². The van der Waals surface area contributed by atoms with Crippen molar-refractivity contribution in [3.63, 3.8) is 0 Å². The summed E-state index contributed by atoms with van der Waals surface area (Å²) in [6, 6.07) is 5.65. The van der Waals surface area contributed by atoms with Crippen LogP contribution in [0.2, 0.25) is 0 Å². The van der Waals surface area contributed by atoms with Gasteiger partial charge in [0.2, 0.25) is 0 Å². The second-order valence-electron chi connectivity index (χ2n) is 7.15. The molecule has 0 saturated heterocycles. The molecule has 0 bridgehead atoms. The van der Waals surface area contributed by atoms with E-state index in [1.807, 2.05) is 13.0 Å². The quantitative estimate of drug-likeness (QED) is 0.825. The Morgan fingerprint density at radius 1 is 1.10 bits per heavy atom. The lowest BCUT2D eigenvalue weighted by Gasteiger charge is -2.42. The molecule has 2 heteroatoms. The van der Waals surface area contributed by atoms with Gasteiger partial charge in [0.05, 0.1) is 0 Å². The van der Waals surface area contributed by atoms with Crippen LogP contribution in [0.5, 0.6) is 0 Å². The average molecular weight is 289 g/mol. The summed E-state index contributed by atoms with van der Waals surface area (Å²) in [5.74, 6) is 2.51. The van der Waals surface area contributed by atoms with Crippen LogP contribution in [0.1, 0.15) is 62.1 Å². The molecule has 0 spiro atoms. The Balaban J connectivity index is 1.77. The van der Waals surface area contributed by atoms with Crippen LogP contribution in [0.4, 0.5) is 4.39 Å². The van der Waals surface area contributed by atoms with Gasteiger partial charge < -0.3 is 5.32 Å². The molecule has 0 aliphatic heterocycles. The Hall–Kier alpha value is -0.890. The molecule has 0 heterocycles. The third-order valence-electron chi connectivity index (χ3n) is 5.93. The normalized spacial score (nSPS) is 30.7. The minimum Gasteiger partial charge on any atom is -0.313 e. The Labute approximate surface area is 128 Å². The van der Waals surface area contributed by atoms with Gasteiger partial charge in [0.1, 0.15) is 5.82 Å². The van der Waals surface area contributed by atoms with Crippen LogP contribution in [-0.2, 0) is 0 Å². The van der Waals surface area contributed by atoms with Gasteiger partial charge in [0, 0.05) is 6.04 Å². The largest absolute Gasteiger partial charge is 0.313 e. The van der Waals surface area contributed by atoms with Crippen LogP contribution < -0.4 is 5.32 Å². The van der Waals surface area contributed by atoms with E-state index in [1.54, 1.807) is 12.1 Å². The molecule has 2 aliphatic rings. The second kappa shape index (κ2) is 6.48. The first kappa shape index (κ1) is 15.0. The summed E-state index contributed by atoms with van der Waals surface area (Å²) in [6.45, 7) is 2.04. The second-order valence-corrected chi connectivity index (χ2v) is 7.15. The number of benzene rings is 1. The molecule has 2 saturated carbocycles. The standard InChI is InChI=1S/C19H28FN/c1-13-11-17(20)9-10-18(13)19(21-2)16-8-7-14-5-3-4-6-15(14)12-16/h9-11,14-16,19,21H,3-8,12H2,1-2H3. The molecule has 21 heavy (non-hydrogen) atoms. The van der Waals surface area contributed by atoms with Crippen LogP contribution in [0.25, 0.3) is 0 Å². The fourth-order valence-corrected chi connectivity index (χ4v) is 4.85. The van der Waals surface area contributed by atoms with Crippen molar-refractivity contribution in [3.8, 4) is 0 Å². The molecule has 116 valence electrons. The highest BCUT2D eigenvalue weighted by molar-refractivity contribution is 5.30. The zero-order valence-electron chi connectivity index (χ0n) is 13.4. The summed E-state index contributed by atoms with van der Waals surface area (Å²) < 4.78 is 13.4. The Morgan fingerprint density at radius 2 is 1.86 bits per heavy atom. The average Bonchev–Trinajstić information content (AvgIpc) is 2.50. The van der Waals surface area contributed by atoms with Crippen molar-refractivity contribution in [2.45, 2.75) is 57.9 Å². The molecule has 1 aromatic carbocycles. The Morgan fingerprint density at radius 3 is 2.57 bits per heavy atom. The smallest absolute Gasteiger partial charge is 0.123 e. The lowest BCUT2D eigenvalue weighted by atomic mass is 9.65. The van der Waals surface area contributed by atoms with Crippen LogP contribution in [-0.4, -0.2) is 7.05 Å². The highest BCUT2D eigenvalue weighted by Gasteiger charge is 2.35. The van der Waals surface area contributed by atoms with E-state index in [4.69, 9.17) is 0 Å². The van der Waals surface area contributed by atoms with Crippen molar-refractivity contribution in [2.24, 2.45) is 17.8 Å². The van der Waals surface area contributed by atoms with Gasteiger partial charge >= 0.3 is 0 Å². The topological polar surface area (TPSA) is 12.0 Å². The highest BCUT2D eigenvalue weighted by atomic mass is 19.1. The maximum atomic E-state index is 13.4. The van der Waals surface area contributed by atoms with E-state index in [-0.39, 0.29) is 5.82 Å². The summed E-state index contributed by atoms with van der Waals surface area (Å²) in [4.78, 5) is 0. The van der Waals surface area contributed by atoms with Gasteiger partial charge in [-0.2, -0.15) is 0 Å². The van der Waals surface area contributed by atoms with E-state index >= 15 is 0 Å². The molecule has 1 nitrogen and oxygen atoms in total. The van der Waals surface area contributed by atoms with Gasteiger partial charge in [-0.3, -0.25) is 0 Å². The molecule has 2 aliphatic carbocycles. The number of hydrogen-bond acceptors (Lipinski definition) is 1. The monoisotopic (exact) mass is 289 g/mol. The molecule has 3 rings (SSSR count). The molecule has 0 amide bonds. The third-order valence-corrected chi connectivity index (χ3v) is 5.93. The first-order valence-corrected chi connectivity index (χ1v) is 8.62. The fraction of sp³-hybridized carbons (Fsp3) is 0.684. The van der Waals surface area contributed by atoms with Gasteiger partial charge in [-0.1, -0.05) is 31.7 Å². The Kier molecular flexibility index (Phi) is 4.63. The number of aryl methyl sites for hydroxylation is 1. The zero-order valence-corrected chi connectivity index (χ0v) is 13.4. The van der Waals surface area contributed by atoms with E-state index in [9.17, 15) is 4.39 Å². The molecule has 4 unspecified atom stereocenters. The highest BCUT2D eigenvalue weighted by Crippen LogP contribution is 2.46. The van der Waals surface area contributed by atoms with Crippen molar-refractivity contribution in [2.75, 3.05) is 7.05 Å². The molecular formula is C19H28FN. The molecule has 4 atom stereocenters. The first-order valence-electron chi connectivity index (χ1n) is 8.62. The molecule has 0 aromatic heterocycles. The summed E-state index contributed by atoms with van der Waals surface area (Å²) in [5.41, 5.74) is 2.37. The van der Waals surface area contributed by atoms with E-state index in [0.717, 1.165) is 17.4 Å². The van der Waals surface area contributed by atoms with E-state index in [0.29, 0.717) is 12.0 Å². The van der Waals surface area contributed by atoms with Crippen LogP contribution in [0, 0.1) is 30.5 Å². The van der Waals surface area contributed by atoms with Crippen LogP contribution in [0.15, 0.2) is 18.2 Å². The summed E-state index contributed by atoms with van der Waals surface area (Å²) in [7, 11) is 2.06. The predicted molar refractivity (Wildman–Crippen MR) is 85.7 cm³/mol. The minimum atomic E-state index is -0.123. The van der Waals surface area contributed by atoms with Gasteiger partial charge in [-0.15, -0.1) is 0 Å². The third kappa shape index (κ3) is 3.15. The molecule has 1 N–H and O–H groups in total. The van der Waals surface area contributed by atoms with Crippen molar-refractivity contribution in [1.29, 1.82) is 0 Å². The van der Waals surface area contributed by atoms with E-state index < -0.39 is 0 Å². The Bertz CT molecular complexity index is 484. The zero-order chi connectivity index (χ0) is 14.8. The van der Waals surface area contributed by atoms with Crippen molar-refractivity contribution < 1.29 is 4.39 Å². The van der Waals surface area contributed by atoms with Crippen molar-refractivity contribution >= 4 is 0 Å². The molecule has 2 fully saturated rings. The fourth-order valence-electron chi connectivity index (χ4n) is 4.85. The number of nitrogens with one attached hydrogen (secondary N) is 1. The maximum Gasteiger partial charge on any atom is 0.123 e. The van der Waals surface area contributed by atoms with Gasteiger partial charge in [0.15, 0.2) is 0 Å². The molecular weight excluding hydrogens is 261 g/mol. The number of halogens is 1.